The monoisotopic (exact) mass is 520 g/mol. The van der Waals surface area contributed by atoms with E-state index in [1.54, 1.807) is 40.9 Å². The van der Waals surface area contributed by atoms with Crippen LogP contribution in [0.2, 0.25) is 0 Å². The van der Waals surface area contributed by atoms with Gasteiger partial charge < -0.3 is 14.4 Å². The Labute approximate surface area is 210 Å². The van der Waals surface area contributed by atoms with E-state index in [9.17, 15) is 8.42 Å². The summed E-state index contributed by atoms with van der Waals surface area (Å²) in [6, 6.07) is 11.5. The van der Waals surface area contributed by atoms with Crippen molar-refractivity contribution < 1.29 is 17.9 Å². The highest BCUT2D eigenvalue weighted by Crippen LogP contribution is 2.32. The lowest BCUT2D eigenvalue weighted by Crippen LogP contribution is -2.40. The van der Waals surface area contributed by atoms with Gasteiger partial charge in [-0.2, -0.15) is 22.7 Å². The number of para-hydroxylation sites is 2. The number of hydrogen-bond acceptors (Lipinski definition) is 7. The summed E-state index contributed by atoms with van der Waals surface area (Å²) in [5, 5.41) is 8.59. The fraction of sp³-hybridized carbons (Fsp3) is 0.440. The van der Waals surface area contributed by atoms with E-state index in [0.29, 0.717) is 24.0 Å². The maximum absolute atomic E-state index is 11.6. The van der Waals surface area contributed by atoms with E-state index in [1.165, 1.54) is 11.1 Å². The second-order valence-electron chi connectivity index (χ2n) is 8.92. The number of rotatable bonds is 11. The van der Waals surface area contributed by atoms with Crippen molar-refractivity contribution in [3.8, 4) is 5.75 Å². The van der Waals surface area contributed by atoms with Crippen LogP contribution in [0.5, 0.6) is 5.75 Å². The quantitative estimate of drug-likeness (QED) is 0.363. The third-order valence-corrected chi connectivity index (χ3v) is 7.82. The molecule has 4 rings (SSSR count). The molecule has 0 amide bonds. The van der Waals surface area contributed by atoms with Crippen LogP contribution in [0.15, 0.2) is 57.9 Å². The molecule has 1 aliphatic heterocycles. The Morgan fingerprint density at radius 2 is 1.71 bits per heavy atom. The van der Waals surface area contributed by atoms with Crippen LogP contribution in [-0.2, 0) is 14.8 Å². The summed E-state index contributed by atoms with van der Waals surface area (Å²) >= 11 is 3.42. The second-order valence-corrected chi connectivity index (χ2v) is 12.2. The Morgan fingerprint density at radius 3 is 2.29 bits per heavy atom. The number of anilines is 1. The Bertz CT molecular complexity index is 1070. The molecule has 1 atom stereocenters. The highest BCUT2D eigenvalue weighted by Gasteiger charge is 2.26. The minimum Gasteiger partial charge on any atom is -0.491 e. The smallest absolute Gasteiger partial charge is 0.229 e. The average Bonchev–Trinajstić information content (AvgIpc) is 3.52. The number of likely N-dealkylation sites (tertiary alicyclic amines) is 1. The van der Waals surface area contributed by atoms with Crippen molar-refractivity contribution in [3.05, 3.63) is 69.0 Å². The minimum atomic E-state index is -3.35. The van der Waals surface area contributed by atoms with Crippen molar-refractivity contribution in [2.24, 2.45) is 5.92 Å². The summed E-state index contributed by atoms with van der Waals surface area (Å²) in [6.45, 7) is 5.63. The zero-order chi connectivity index (χ0) is 24.0. The maximum atomic E-state index is 11.6. The Balaban J connectivity index is 1.24. The molecule has 1 N–H and O–H groups in total. The van der Waals surface area contributed by atoms with Gasteiger partial charge in [0, 0.05) is 25.6 Å². The molecule has 1 fully saturated rings. The Morgan fingerprint density at radius 1 is 1.06 bits per heavy atom. The third-order valence-electron chi connectivity index (χ3n) is 5.83. The van der Waals surface area contributed by atoms with Gasteiger partial charge in [0.15, 0.2) is 0 Å². The highest BCUT2D eigenvalue weighted by molar-refractivity contribution is 7.92. The summed E-state index contributed by atoms with van der Waals surface area (Å²) in [5.41, 5.74) is 2.95. The van der Waals surface area contributed by atoms with E-state index in [0.717, 1.165) is 38.7 Å². The Hall–Kier alpha value is -1.91. The van der Waals surface area contributed by atoms with Gasteiger partial charge in [-0.25, -0.2) is 8.42 Å². The van der Waals surface area contributed by atoms with Gasteiger partial charge in [-0.3, -0.25) is 4.72 Å². The van der Waals surface area contributed by atoms with Gasteiger partial charge in [0.1, 0.15) is 11.9 Å². The summed E-state index contributed by atoms with van der Waals surface area (Å²) in [4.78, 5) is 2.47. The van der Waals surface area contributed by atoms with Gasteiger partial charge in [0.25, 0.3) is 0 Å². The van der Waals surface area contributed by atoms with E-state index in [-0.39, 0.29) is 12.2 Å². The fourth-order valence-electron chi connectivity index (χ4n) is 4.22. The zero-order valence-corrected chi connectivity index (χ0v) is 22.0. The largest absolute Gasteiger partial charge is 0.491 e. The molecule has 9 heteroatoms. The molecule has 3 heterocycles. The van der Waals surface area contributed by atoms with Crippen LogP contribution in [0, 0.1) is 5.92 Å². The lowest BCUT2D eigenvalue weighted by Gasteiger charge is -2.35. The molecule has 1 aromatic carbocycles. The molecule has 1 aliphatic rings. The summed E-state index contributed by atoms with van der Waals surface area (Å²) < 4.78 is 38.3. The summed E-state index contributed by atoms with van der Waals surface area (Å²) in [6.07, 6.45) is 3.44. The molecule has 3 aromatic rings. The number of nitrogens with zero attached hydrogens (tertiary/aromatic N) is 1. The molecule has 0 aliphatic carbocycles. The van der Waals surface area contributed by atoms with Crippen molar-refractivity contribution in [1.82, 2.24) is 4.90 Å². The normalized spacial score (nSPS) is 16.6. The van der Waals surface area contributed by atoms with E-state index in [2.05, 4.69) is 50.2 Å². The number of nitrogens with one attached hydrogen (secondary N) is 1. The summed E-state index contributed by atoms with van der Waals surface area (Å²) in [5.74, 6) is 0.868. The first-order valence-electron chi connectivity index (χ1n) is 11.5. The molecule has 0 radical (unpaired) electrons. The van der Waals surface area contributed by atoms with Crippen molar-refractivity contribution in [1.29, 1.82) is 0 Å². The first-order chi connectivity index (χ1) is 16.4. The molecular formula is C25H32N2O4S3. The molecule has 2 aromatic heterocycles. The molecule has 0 spiro atoms. The molecule has 1 saturated heterocycles. The lowest BCUT2D eigenvalue weighted by atomic mass is 10.0. The number of benzene rings is 1. The van der Waals surface area contributed by atoms with Crippen molar-refractivity contribution >= 4 is 38.4 Å². The molecular weight excluding hydrogens is 488 g/mol. The summed E-state index contributed by atoms with van der Waals surface area (Å²) in [7, 11) is -3.35. The average molecular weight is 521 g/mol. The SMILES string of the molecule is CC(COc1ccccc1NS(C)(=O)=O)CN1CCC(OC(c2ccsc2)c2ccsc2)CC1. The number of ether oxygens (including phenoxy) is 2. The minimum absolute atomic E-state index is 0.0157. The predicted octanol–water partition coefficient (Wildman–Crippen LogP) is 5.47. The number of thiophene rings is 2. The third kappa shape index (κ3) is 7.29. The molecule has 34 heavy (non-hydrogen) atoms. The molecule has 0 saturated carbocycles. The maximum Gasteiger partial charge on any atom is 0.229 e. The van der Waals surface area contributed by atoms with Crippen LogP contribution in [-0.4, -0.2) is 51.9 Å². The van der Waals surface area contributed by atoms with Crippen LogP contribution in [0.1, 0.15) is 37.0 Å². The topological polar surface area (TPSA) is 67.9 Å². The van der Waals surface area contributed by atoms with Gasteiger partial charge >= 0.3 is 0 Å². The second kappa shape index (κ2) is 11.7. The highest BCUT2D eigenvalue weighted by atomic mass is 32.2. The van der Waals surface area contributed by atoms with Crippen LogP contribution in [0.3, 0.4) is 0 Å². The standard InChI is InChI=1S/C25H32N2O4S3/c1-19(16-30-24-6-4-3-5-23(24)26-34(2,28)29)15-27-11-7-22(8-12-27)31-25(20-9-13-32-17-20)21-10-14-33-18-21/h3-6,9-10,13-14,17-19,22,25-26H,7-8,11-12,15-16H2,1-2H3. The van der Waals surface area contributed by atoms with Gasteiger partial charge in [-0.1, -0.05) is 19.1 Å². The fourth-order valence-corrected chi connectivity index (χ4v) is 6.14. The number of hydrogen-bond donors (Lipinski definition) is 1. The van der Waals surface area contributed by atoms with Crippen LogP contribution >= 0.6 is 22.7 Å². The molecule has 6 nitrogen and oxygen atoms in total. The first-order valence-corrected chi connectivity index (χ1v) is 15.3. The van der Waals surface area contributed by atoms with Crippen molar-refractivity contribution in [2.45, 2.75) is 32.0 Å². The van der Waals surface area contributed by atoms with Gasteiger partial charge in [-0.05, 0) is 69.8 Å². The van der Waals surface area contributed by atoms with Crippen molar-refractivity contribution in [2.75, 3.05) is 37.2 Å². The zero-order valence-electron chi connectivity index (χ0n) is 19.6. The van der Waals surface area contributed by atoms with Gasteiger partial charge in [0.05, 0.1) is 24.7 Å². The van der Waals surface area contributed by atoms with E-state index >= 15 is 0 Å². The van der Waals surface area contributed by atoms with E-state index in [1.807, 2.05) is 6.07 Å². The first kappa shape index (κ1) is 25.2. The number of piperidine rings is 1. The van der Waals surface area contributed by atoms with Crippen LogP contribution in [0.4, 0.5) is 5.69 Å². The Kier molecular flexibility index (Phi) is 8.65. The van der Waals surface area contributed by atoms with Gasteiger partial charge in [0.2, 0.25) is 10.0 Å². The van der Waals surface area contributed by atoms with Crippen LogP contribution in [0.25, 0.3) is 0 Å². The van der Waals surface area contributed by atoms with E-state index in [4.69, 9.17) is 9.47 Å². The van der Waals surface area contributed by atoms with Gasteiger partial charge in [-0.15, -0.1) is 0 Å². The molecule has 1 unspecified atom stereocenters. The molecule has 0 bridgehead atoms. The predicted molar refractivity (Wildman–Crippen MR) is 141 cm³/mol. The van der Waals surface area contributed by atoms with Crippen LogP contribution < -0.4 is 9.46 Å². The van der Waals surface area contributed by atoms with E-state index < -0.39 is 10.0 Å². The van der Waals surface area contributed by atoms with Crippen molar-refractivity contribution in [3.63, 3.8) is 0 Å². The molecule has 184 valence electrons. The lowest BCUT2D eigenvalue weighted by molar-refractivity contribution is -0.0289. The number of sulfonamides is 1.